The normalized spacial score (nSPS) is 17.7. The zero-order valence-electron chi connectivity index (χ0n) is 15.5. The van der Waals surface area contributed by atoms with Crippen molar-refractivity contribution < 1.29 is 33.0 Å². The summed E-state index contributed by atoms with van der Waals surface area (Å²) in [6.45, 7) is 0.693. The SMILES string of the molecule is COc1cnc(C(F)F)cc1-c1cc(N2CCOC3(CC3)C2=O)ccc1C(=O)O. The van der Waals surface area contributed by atoms with Crippen LogP contribution in [0.1, 0.15) is 35.3 Å². The molecule has 2 fully saturated rings. The number of carbonyl (C=O) groups is 2. The number of pyridine rings is 1. The van der Waals surface area contributed by atoms with Gasteiger partial charge >= 0.3 is 5.97 Å². The van der Waals surface area contributed by atoms with Gasteiger partial charge in [0.05, 0.1) is 25.5 Å². The number of carbonyl (C=O) groups excluding carboxylic acids is 1. The number of morpholine rings is 1. The lowest BCUT2D eigenvalue weighted by atomic mass is 9.97. The van der Waals surface area contributed by atoms with Crippen LogP contribution in [0.15, 0.2) is 30.5 Å². The van der Waals surface area contributed by atoms with E-state index in [9.17, 15) is 23.5 Å². The predicted molar refractivity (Wildman–Crippen MR) is 98.4 cm³/mol. The number of aromatic carboxylic acids is 1. The van der Waals surface area contributed by atoms with Crippen molar-refractivity contribution in [3.05, 3.63) is 41.7 Å². The van der Waals surface area contributed by atoms with E-state index in [4.69, 9.17) is 9.47 Å². The minimum Gasteiger partial charge on any atom is -0.494 e. The van der Waals surface area contributed by atoms with Gasteiger partial charge in [-0.15, -0.1) is 0 Å². The van der Waals surface area contributed by atoms with Gasteiger partial charge in [0, 0.05) is 23.4 Å². The second-order valence-corrected chi connectivity index (χ2v) is 6.94. The highest BCUT2D eigenvalue weighted by Gasteiger charge is 2.55. The molecule has 0 radical (unpaired) electrons. The van der Waals surface area contributed by atoms with E-state index in [1.54, 1.807) is 4.90 Å². The Kier molecular flexibility index (Phi) is 4.70. The molecule has 1 amide bonds. The molecule has 2 aliphatic rings. The fraction of sp³-hybridized carbons (Fsp3) is 0.350. The zero-order chi connectivity index (χ0) is 20.8. The zero-order valence-corrected chi connectivity index (χ0v) is 15.5. The molecule has 1 aliphatic heterocycles. The van der Waals surface area contributed by atoms with Crippen molar-refractivity contribution in [3.63, 3.8) is 0 Å². The van der Waals surface area contributed by atoms with Gasteiger partial charge < -0.3 is 19.5 Å². The maximum atomic E-state index is 13.2. The second kappa shape index (κ2) is 7.07. The van der Waals surface area contributed by atoms with Gasteiger partial charge in [-0.1, -0.05) is 0 Å². The number of nitrogens with zero attached hydrogens (tertiary/aromatic N) is 2. The summed E-state index contributed by atoms with van der Waals surface area (Å²) in [6.07, 6.45) is -0.392. The first-order valence-electron chi connectivity index (χ1n) is 9.02. The first kappa shape index (κ1) is 19.3. The van der Waals surface area contributed by atoms with Crippen molar-refractivity contribution >= 4 is 17.6 Å². The molecule has 1 saturated heterocycles. The van der Waals surface area contributed by atoms with Crippen LogP contribution in [0.25, 0.3) is 11.1 Å². The molecular weight excluding hydrogens is 386 g/mol. The topological polar surface area (TPSA) is 89.0 Å². The molecule has 4 rings (SSSR count). The molecule has 0 bridgehead atoms. The summed E-state index contributed by atoms with van der Waals surface area (Å²) in [6, 6.07) is 5.51. The molecule has 1 aliphatic carbocycles. The Morgan fingerprint density at radius 3 is 2.69 bits per heavy atom. The third-order valence-electron chi connectivity index (χ3n) is 5.20. The summed E-state index contributed by atoms with van der Waals surface area (Å²) in [5.74, 6) is -1.25. The monoisotopic (exact) mass is 404 g/mol. The van der Waals surface area contributed by atoms with Gasteiger partial charge in [-0.25, -0.2) is 13.6 Å². The number of carboxylic acids is 1. The maximum Gasteiger partial charge on any atom is 0.336 e. The Labute approximate surface area is 164 Å². The highest BCUT2D eigenvalue weighted by Crippen LogP contribution is 2.45. The van der Waals surface area contributed by atoms with Crippen molar-refractivity contribution in [1.29, 1.82) is 0 Å². The van der Waals surface area contributed by atoms with E-state index in [1.807, 2.05) is 0 Å². The second-order valence-electron chi connectivity index (χ2n) is 6.94. The van der Waals surface area contributed by atoms with Crippen LogP contribution in [0.4, 0.5) is 14.5 Å². The molecular formula is C20H18F2N2O5. The average molecular weight is 404 g/mol. The summed E-state index contributed by atoms with van der Waals surface area (Å²) < 4.78 is 37.2. The lowest BCUT2D eigenvalue weighted by Crippen LogP contribution is -2.49. The van der Waals surface area contributed by atoms with Crippen molar-refractivity contribution in [3.8, 4) is 16.9 Å². The predicted octanol–water partition coefficient (Wildman–Crippen LogP) is 3.29. The van der Waals surface area contributed by atoms with Crippen LogP contribution in [-0.4, -0.2) is 47.8 Å². The number of hydrogen-bond donors (Lipinski definition) is 1. The van der Waals surface area contributed by atoms with Gasteiger partial charge in [-0.3, -0.25) is 9.78 Å². The van der Waals surface area contributed by atoms with Gasteiger partial charge in [-0.2, -0.15) is 0 Å². The molecule has 9 heteroatoms. The molecule has 2 heterocycles. The lowest BCUT2D eigenvalue weighted by Gasteiger charge is -2.33. The van der Waals surface area contributed by atoms with E-state index in [0.29, 0.717) is 31.7 Å². The fourth-order valence-corrected chi connectivity index (χ4v) is 3.52. The summed E-state index contributed by atoms with van der Waals surface area (Å²) in [7, 11) is 1.34. The number of rotatable bonds is 5. The largest absolute Gasteiger partial charge is 0.494 e. The molecule has 1 aromatic carbocycles. The van der Waals surface area contributed by atoms with Crippen molar-refractivity contribution in [1.82, 2.24) is 4.98 Å². The number of halogens is 2. The third kappa shape index (κ3) is 3.31. The van der Waals surface area contributed by atoms with E-state index in [-0.39, 0.29) is 28.3 Å². The molecule has 1 spiro atoms. The van der Waals surface area contributed by atoms with Crippen LogP contribution in [-0.2, 0) is 9.53 Å². The Morgan fingerprint density at radius 2 is 2.07 bits per heavy atom. The summed E-state index contributed by atoms with van der Waals surface area (Å²) in [5, 5.41) is 9.61. The van der Waals surface area contributed by atoms with Crippen molar-refractivity contribution in [2.24, 2.45) is 0 Å². The number of ether oxygens (including phenoxy) is 2. The molecule has 1 saturated carbocycles. The van der Waals surface area contributed by atoms with Crippen molar-refractivity contribution in [2.45, 2.75) is 24.9 Å². The van der Waals surface area contributed by atoms with Crippen LogP contribution in [0.2, 0.25) is 0 Å². The highest BCUT2D eigenvalue weighted by molar-refractivity contribution is 6.04. The minimum absolute atomic E-state index is 0.0969. The number of carboxylic acid groups (broad SMARTS) is 1. The smallest absolute Gasteiger partial charge is 0.336 e. The number of hydrogen-bond acceptors (Lipinski definition) is 5. The number of anilines is 1. The quantitative estimate of drug-likeness (QED) is 0.823. The maximum absolute atomic E-state index is 13.2. The summed E-state index contributed by atoms with van der Waals surface area (Å²) in [5.41, 5.74) is -0.565. The van der Waals surface area contributed by atoms with E-state index in [1.165, 1.54) is 25.3 Å². The number of methoxy groups -OCH3 is 1. The Balaban J connectivity index is 1.84. The Bertz CT molecular complexity index is 991. The molecule has 0 atom stereocenters. The molecule has 152 valence electrons. The first-order chi connectivity index (χ1) is 13.9. The molecule has 7 nitrogen and oxygen atoms in total. The number of alkyl halides is 2. The average Bonchev–Trinajstić information content (AvgIpc) is 3.49. The van der Waals surface area contributed by atoms with Gasteiger partial charge in [0.1, 0.15) is 17.0 Å². The number of benzene rings is 1. The van der Waals surface area contributed by atoms with Crippen LogP contribution in [0, 0.1) is 0 Å². The van der Waals surface area contributed by atoms with Crippen LogP contribution < -0.4 is 9.64 Å². The van der Waals surface area contributed by atoms with E-state index < -0.39 is 23.7 Å². The summed E-state index contributed by atoms with van der Waals surface area (Å²) in [4.78, 5) is 29.8. The lowest BCUT2D eigenvalue weighted by molar-refractivity contribution is -0.137. The fourth-order valence-electron chi connectivity index (χ4n) is 3.52. The van der Waals surface area contributed by atoms with Gasteiger partial charge in [0.25, 0.3) is 12.3 Å². The number of aromatic nitrogens is 1. The molecule has 1 aromatic heterocycles. The van der Waals surface area contributed by atoms with E-state index in [0.717, 1.165) is 12.3 Å². The van der Waals surface area contributed by atoms with Crippen LogP contribution in [0.5, 0.6) is 5.75 Å². The van der Waals surface area contributed by atoms with Gasteiger partial charge in [-0.05, 0) is 37.1 Å². The summed E-state index contributed by atoms with van der Waals surface area (Å²) >= 11 is 0. The Morgan fingerprint density at radius 1 is 1.31 bits per heavy atom. The highest BCUT2D eigenvalue weighted by atomic mass is 19.3. The van der Waals surface area contributed by atoms with Crippen LogP contribution >= 0.6 is 0 Å². The van der Waals surface area contributed by atoms with Gasteiger partial charge in [0.2, 0.25) is 0 Å². The third-order valence-corrected chi connectivity index (χ3v) is 5.20. The molecule has 1 N–H and O–H groups in total. The first-order valence-corrected chi connectivity index (χ1v) is 9.02. The standard InChI is InChI=1S/C20H18F2N2O5/c1-28-16-10-23-15(17(21)22)9-14(16)13-8-11(2-3-12(13)18(25)26)24-6-7-29-20(4-5-20)19(24)27/h2-3,8-10,17H,4-7H2,1H3,(H,25,26). The molecule has 29 heavy (non-hydrogen) atoms. The van der Waals surface area contributed by atoms with E-state index in [2.05, 4.69) is 4.98 Å². The van der Waals surface area contributed by atoms with Gasteiger partial charge in [0.15, 0.2) is 0 Å². The van der Waals surface area contributed by atoms with Crippen LogP contribution in [0.3, 0.4) is 0 Å². The number of amides is 1. The van der Waals surface area contributed by atoms with Crippen molar-refractivity contribution in [2.75, 3.05) is 25.2 Å². The molecule has 2 aromatic rings. The Hall–Kier alpha value is -3.07. The van der Waals surface area contributed by atoms with E-state index >= 15 is 0 Å². The minimum atomic E-state index is -2.83. The molecule has 0 unspecified atom stereocenters.